The summed E-state index contributed by atoms with van der Waals surface area (Å²) in [5, 5.41) is 9.09. The number of carbonyl (C=O) groups is 1. The van der Waals surface area contributed by atoms with Crippen molar-refractivity contribution in [1.82, 2.24) is 9.97 Å². The molecule has 0 aliphatic carbocycles. The molecule has 2 aromatic carbocycles. The number of imidazole rings is 1. The maximum absolute atomic E-state index is 11.1. The van der Waals surface area contributed by atoms with Crippen LogP contribution >= 0.6 is 15.9 Å². The van der Waals surface area contributed by atoms with Crippen LogP contribution in [0.5, 0.6) is 5.75 Å². The van der Waals surface area contributed by atoms with Gasteiger partial charge >= 0.3 is 5.97 Å². The number of nitrogens with zero attached hydrogens (tertiary/aromatic N) is 1. The van der Waals surface area contributed by atoms with Crippen LogP contribution in [0.4, 0.5) is 0 Å². The molecule has 23 heavy (non-hydrogen) atoms. The van der Waals surface area contributed by atoms with Crippen molar-refractivity contribution < 1.29 is 14.6 Å². The lowest BCUT2D eigenvalue weighted by atomic mass is 10.2. The van der Waals surface area contributed by atoms with E-state index in [2.05, 4.69) is 25.9 Å². The van der Waals surface area contributed by atoms with Gasteiger partial charge < -0.3 is 14.8 Å². The number of ether oxygens (including phenoxy) is 1. The number of fused-ring (bicyclic) bond motifs is 1. The van der Waals surface area contributed by atoms with Gasteiger partial charge in [-0.3, -0.25) is 0 Å². The lowest BCUT2D eigenvalue weighted by Crippen LogP contribution is -1.97. The Balaban J connectivity index is 2.09. The minimum atomic E-state index is -0.961. The first-order valence-electron chi connectivity index (χ1n) is 7.24. The van der Waals surface area contributed by atoms with E-state index in [4.69, 9.17) is 9.84 Å². The van der Waals surface area contributed by atoms with Crippen molar-refractivity contribution in [2.75, 3.05) is 6.61 Å². The fourth-order valence-corrected chi connectivity index (χ4v) is 2.66. The van der Waals surface area contributed by atoms with Crippen molar-refractivity contribution in [3.05, 3.63) is 46.4 Å². The van der Waals surface area contributed by atoms with Gasteiger partial charge in [0.05, 0.1) is 28.8 Å². The van der Waals surface area contributed by atoms with Crippen LogP contribution in [0.3, 0.4) is 0 Å². The zero-order chi connectivity index (χ0) is 16.4. The molecule has 0 unspecified atom stereocenters. The number of hydrogen-bond donors (Lipinski definition) is 2. The zero-order valence-electron chi connectivity index (χ0n) is 12.5. The van der Waals surface area contributed by atoms with Crippen LogP contribution < -0.4 is 4.74 Å². The molecule has 1 aromatic heterocycles. The second-order valence-electron chi connectivity index (χ2n) is 5.11. The molecule has 1 heterocycles. The van der Waals surface area contributed by atoms with Crippen LogP contribution in [0.15, 0.2) is 40.9 Å². The van der Waals surface area contributed by atoms with E-state index >= 15 is 0 Å². The highest BCUT2D eigenvalue weighted by Crippen LogP contribution is 2.32. The minimum Gasteiger partial charge on any atom is -0.493 e. The number of aromatic amines is 1. The number of nitrogens with one attached hydrogen (secondary N) is 1. The SMILES string of the molecule is CCCOc1ccc(Br)cc1-c1nc2ccc(C(=O)O)cc2[nH]1. The van der Waals surface area contributed by atoms with Crippen molar-refractivity contribution in [1.29, 1.82) is 0 Å². The second kappa shape index (κ2) is 6.42. The number of H-pyrrole nitrogens is 1. The molecule has 0 fully saturated rings. The zero-order valence-corrected chi connectivity index (χ0v) is 14.1. The predicted molar refractivity (Wildman–Crippen MR) is 92.0 cm³/mol. The van der Waals surface area contributed by atoms with Crippen LogP contribution in [-0.4, -0.2) is 27.7 Å². The van der Waals surface area contributed by atoms with E-state index in [1.165, 1.54) is 0 Å². The maximum Gasteiger partial charge on any atom is 0.335 e. The lowest BCUT2D eigenvalue weighted by Gasteiger charge is -2.09. The molecular weight excluding hydrogens is 360 g/mol. The highest BCUT2D eigenvalue weighted by Gasteiger charge is 2.13. The molecular formula is C17H15BrN2O3. The van der Waals surface area contributed by atoms with E-state index in [0.29, 0.717) is 23.5 Å². The smallest absolute Gasteiger partial charge is 0.335 e. The van der Waals surface area contributed by atoms with Gasteiger partial charge in [-0.25, -0.2) is 9.78 Å². The summed E-state index contributed by atoms with van der Waals surface area (Å²) in [6.07, 6.45) is 0.914. The van der Waals surface area contributed by atoms with Crippen LogP contribution in [0, 0.1) is 0 Å². The van der Waals surface area contributed by atoms with Crippen molar-refractivity contribution in [2.45, 2.75) is 13.3 Å². The van der Waals surface area contributed by atoms with Crippen molar-refractivity contribution in [3.8, 4) is 17.1 Å². The summed E-state index contributed by atoms with van der Waals surface area (Å²) in [6, 6.07) is 10.6. The molecule has 5 nitrogen and oxygen atoms in total. The maximum atomic E-state index is 11.1. The third kappa shape index (κ3) is 3.22. The third-order valence-electron chi connectivity index (χ3n) is 3.39. The molecule has 0 atom stereocenters. The molecule has 6 heteroatoms. The summed E-state index contributed by atoms with van der Waals surface area (Å²) < 4.78 is 6.70. The van der Waals surface area contributed by atoms with Crippen molar-refractivity contribution in [3.63, 3.8) is 0 Å². The molecule has 0 saturated heterocycles. The monoisotopic (exact) mass is 374 g/mol. The molecule has 3 aromatic rings. The number of aromatic carboxylic acids is 1. The van der Waals surface area contributed by atoms with Crippen LogP contribution in [0.1, 0.15) is 23.7 Å². The van der Waals surface area contributed by atoms with Gasteiger partial charge in [-0.1, -0.05) is 22.9 Å². The number of benzene rings is 2. The highest BCUT2D eigenvalue weighted by molar-refractivity contribution is 9.10. The quantitative estimate of drug-likeness (QED) is 0.690. The molecule has 0 amide bonds. The number of carboxylic acid groups (broad SMARTS) is 1. The summed E-state index contributed by atoms with van der Waals surface area (Å²) in [6.45, 7) is 2.67. The summed E-state index contributed by atoms with van der Waals surface area (Å²) in [5.74, 6) is 0.431. The Labute approximate surface area is 141 Å². The Hall–Kier alpha value is -2.34. The van der Waals surface area contributed by atoms with Gasteiger partial charge in [0.2, 0.25) is 0 Å². The first kappa shape index (κ1) is 15.6. The Morgan fingerprint density at radius 1 is 1.30 bits per heavy atom. The Morgan fingerprint density at radius 2 is 2.13 bits per heavy atom. The summed E-state index contributed by atoms with van der Waals surface area (Å²) >= 11 is 3.46. The van der Waals surface area contributed by atoms with E-state index in [-0.39, 0.29) is 5.56 Å². The molecule has 3 rings (SSSR count). The van der Waals surface area contributed by atoms with Gasteiger partial charge in [-0.2, -0.15) is 0 Å². The van der Waals surface area contributed by atoms with Crippen LogP contribution in [-0.2, 0) is 0 Å². The first-order chi connectivity index (χ1) is 11.1. The Morgan fingerprint density at radius 3 is 2.87 bits per heavy atom. The molecule has 2 N–H and O–H groups in total. The van der Waals surface area contributed by atoms with E-state index in [9.17, 15) is 4.79 Å². The van der Waals surface area contributed by atoms with Crippen LogP contribution in [0.2, 0.25) is 0 Å². The van der Waals surface area contributed by atoms with E-state index in [0.717, 1.165) is 22.2 Å². The van der Waals surface area contributed by atoms with E-state index in [1.807, 2.05) is 25.1 Å². The molecule has 0 bridgehead atoms. The van der Waals surface area contributed by atoms with Crippen LogP contribution in [0.25, 0.3) is 22.4 Å². The highest BCUT2D eigenvalue weighted by atomic mass is 79.9. The van der Waals surface area contributed by atoms with Crippen molar-refractivity contribution >= 4 is 32.9 Å². The van der Waals surface area contributed by atoms with E-state index < -0.39 is 5.97 Å². The largest absolute Gasteiger partial charge is 0.493 e. The molecule has 0 saturated carbocycles. The number of carboxylic acids is 1. The van der Waals surface area contributed by atoms with E-state index in [1.54, 1.807) is 18.2 Å². The van der Waals surface area contributed by atoms with Gasteiger partial charge in [0.15, 0.2) is 0 Å². The average molecular weight is 375 g/mol. The Bertz CT molecular complexity index is 873. The normalized spacial score (nSPS) is 10.9. The summed E-state index contributed by atoms with van der Waals surface area (Å²) in [5.41, 5.74) is 2.46. The topological polar surface area (TPSA) is 75.2 Å². The molecule has 118 valence electrons. The fourth-order valence-electron chi connectivity index (χ4n) is 2.30. The van der Waals surface area contributed by atoms with Gasteiger partial charge in [-0.05, 0) is 42.8 Å². The van der Waals surface area contributed by atoms with Gasteiger partial charge in [0, 0.05) is 4.47 Å². The number of halogens is 1. The summed E-state index contributed by atoms with van der Waals surface area (Å²) in [7, 11) is 0. The van der Waals surface area contributed by atoms with Crippen molar-refractivity contribution in [2.24, 2.45) is 0 Å². The number of hydrogen-bond acceptors (Lipinski definition) is 3. The first-order valence-corrected chi connectivity index (χ1v) is 8.03. The third-order valence-corrected chi connectivity index (χ3v) is 3.88. The Kier molecular flexibility index (Phi) is 4.34. The average Bonchev–Trinajstić information content (AvgIpc) is 2.96. The molecule has 0 aliphatic rings. The molecule has 0 radical (unpaired) electrons. The summed E-state index contributed by atoms with van der Waals surface area (Å²) in [4.78, 5) is 18.8. The standard InChI is InChI=1S/C17H15BrN2O3/c1-2-7-23-15-6-4-11(18)9-12(15)16-19-13-5-3-10(17(21)22)8-14(13)20-16/h3-6,8-9H,2,7H2,1H3,(H,19,20)(H,21,22). The van der Waals surface area contributed by atoms with Gasteiger partial charge in [-0.15, -0.1) is 0 Å². The lowest BCUT2D eigenvalue weighted by molar-refractivity contribution is 0.0697. The number of rotatable bonds is 5. The molecule has 0 spiro atoms. The molecule has 0 aliphatic heterocycles. The second-order valence-corrected chi connectivity index (χ2v) is 6.03. The number of aromatic nitrogens is 2. The minimum absolute atomic E-state index is 0.226. The fraction of sp³-hybridized carbons (Fsp3) is 0.176. The predicted octanol–water partition coefficient (Wildman–Crippen LogP) is 4.48. The van der Waals surface area contributed by atoms with Gasteiger partial charge in [0.1, 0.15) is 11.6 Å². The van der Waals surface area contributed by atoms with Gasteiger partial charge in [0.25, 0.3) is 0 Å².